The van der Waals surface area contributed by atoms with Crippen molar-refractivity contribution >= 4 is 33.0 Å². The quantitative estimate of drug-likeness (QED) is 0.162. The van der Waals surface area contributed by atoms with Crippen LogP contribution in [0.15, 0.2) is 199 Å². The SMILES string of the molecule is CC(C)(C)c1cc(-c2cc(-c3ccc(-c4ccccc4)cc3)ccn2)[c-]c(-c2cccc3c2nc(-c2c(O)ccc4c2oc2ccccc24)n3-c2ccccc2-c2ccccc2)c1.[Pt]. The number of pyridine rings is 1. The van der Waals surface area contributed by atoms with Gasteiger partial charge in [-0.15, -0.1) is 29.3 Å². The Morgan fingerprint density at radius 3 is 1.97 bits per heavy atom. The van der Waals surface area contributed by atoms with E-state index in [1.807, 2.05) is 42.6 Å². The molecule has 64 heavy (non-hydrogen) atoms. The van der Waals surface area contributed by atoms with Gasteiger partial charge in [0.2, 0.25) is 0 Å². The molecule has 6 heteroatoms. The summed E-state index contributed by atoms with van der Waals surface area (Å²) in [5.41, 5.74) is 15.6. The Hall–Kier alpha value is -7.33. The molecule has 8 aromatic carbocycles. The van der Waals surface area contributed by atoms with E-state index in [0.29, 0.717) is 17.0 Å². The second-order valence-electron chi connectivity index (χ2n) is 17.1. The summed E-state index contributed by atoms with van der Waals surface area (Å²) in [6.45, 7) is 6.70. The van der Waals surface area contributed by atoms with E-state index in [1.54, 1.807) is 6.07 Å². The van der Waals surface area contributed by atoms with E-state index in [0.717, 1.165) is 83.3 Å². The van der Waals surface area contributed by atoms with Gasteiger partial charge in [-0.3, -0.25) is 9.55 Å². The van der Waals surface area contributed by atoms with E-state index in [1.165, 1.54) is 11.1 Å². The van der Waals surface area contributed by atoms with Crippen molar-refractivity contribution in [1.29, 1.82) is 0 Å². The molecule has 0 atom stereocenters. The van der Waals surface area contributed by atoms with Gasteiger partial charge in [0.1, 0.15) is 22.5 Å². The standard InChI is InChI=1S/C58H42N3O2.Pt/c1-58(2,3)44-34-42(33-43(35-44)49-36-41(31-32-59-49)39-27-25-38(26-28-39)37-15-6-4-7-16-37)46-21-14-23-51-55(46)60-57(61(51)50-22-12-10-19-45(50)40-17-8-5-9-18-40)54-52(62)30-29-48-47-20-11-13-24-53(47)63-56(48)54;/h4-32,34-36,62H,1-3H3;/q-1;. The summed E-state index contributed by atoms with van der Waals surface area (Å²) in [5.74, 6) is 0.656. The fourth-order valence-electron chi connectivity index (χ4n) is 8.78. The number of hydrogen-bond donors (Lipinski definition) is 1. The van der Waals surface area contributed by atoms with Crippen LogP contribution in [0.2, 0.25) is 0 Å². The average molecular weight is 1010 g/mol. The summed E-state index contributed by atoms with van der Waals surface area (Å²) in [7, 11) is 0. The Balaban J connectivity index is 0.00000484. The minimum Gasteiger partial charge on any atom is -0.507 e. The summed E-state index contributed by atoms with van der Waals surface area (Å²) in [6.07, 6.45) is 1.89. The Kier molecular flexibility index (Phi) is 10.4. The van der Waals surface area contributed by atoms with Gasteiger partial charge in [0.05, 0.1) is 16.7 Å². The fraction of sp³-hybridized carbons (Fsp3) is 0.0690. The molecule has 11 aromatic rings. The molecular formula is C58H42N3O2Pt-. The smallest absolute Gasteiger partial charge is 0.152 e. The molecule has 0 saturated carbocycles. The van der Waals surface area contributed by atoms with Crippen molar-refractivity contribution in [3.05, 3.63) is 206 Å². The van der Waals surface area contributed by atoms with Crippen LogP contribution in [-0.2, 0) is 26.5 Å². The molecule has 0 aliphatic rings. The zero-order valence-electron chi connectivity index (χ0n) is 35.5. The number of phenolic OH excluding ortho intramolecular Hbond substituents is 1. The van der Waals surface area contributed by atoms with Gasteiger partial charge < -0.3 is 9.52 Å². The van der Waals surface area contributed by atoms with Crippen LogP contribution in [0.25, 0.3) is 106 Å². The van der Waals surface area contributed by atoms with Crippen LogP contribution in [0.5, 0.6) is 5.75 Å². The molecule has 0 amide bonds. The predicted molar refractivity (Wildman–Crippen MR) is 258 cm³/mol. The first-order valence-electron chi connectivity index (χ1n) is 21.3. The van der Waals surface area contributed by atoms with E-state index in [-0.39, 0.29) is 32.2 Å². The third-order valence-electron chi connectivity index (χ3n) is 12.0. The molecule has 11 rings (SSSR count). The van der Waals surface area contributed by atoms with Gasteiger partial charge in [-0.25, -0.2) is 4.98 Å². The van der Waals surface area contributed by atoms with E-state index < -0.39 is 0 Å². The van der Waals surface area contributed by atoms with Crippen molar-refractivity contribution in [2.24, 2.45) is 0 Å². The molecule has 0 bridgehead atoms. The summed E-state index contributed by atoms with van der Waals surface area (Å²) >= 11 is 0. The molecule has 0 unspecified atom stereocenters. The molecule has 312 valence electrons. The third-order valence-corrected chi connectivity index (χ3v) is 12.0. The number of furan rings is 1. The van der Waals surface area contributed by atoms with Gasteiger partial charge in [0.15, 0.2) is 5.82 Å². The Morgan fingerprint density at radius 1 is 0.562 bits per heavy atom. The summed E-state index contributed by atoms with van der Waals surface area (Å²) < 4.78 is 8.77. The number of aromatic nitrogens is 3. The maximum atomic E-state index is 11.9. The Morgan fingerprint density at radius 2 is 1.20 bits per heavy atom. The van der Waals surface area contributed by atoms with Crippen molar-refractivity contribution in [2.45, 2.75) is 26.2 Å². The number of benzene rings is 8. The molecule has 1 N–H and O–H groups in total. The Labute approximate surface area is 386 Å². The molecule has 0 saturated heterocycles. The number of aromatic hydroxyl groups is 1. The van der Waals surface area contributed by atoms with Crippen LogP contribution >= 0.6 is 0 Å². The summed E-state index contributed by atoms with van der Waals surface area (Å²) in [5, 5.41) is 13.8. The number of rotatable bonds is 7. The van der Waals surface area contributed by atoms with E-state index >= 15 is 0 Å². The molecular weight excluding hydrogens is 966 g/mol. The molecule has 5 nitrogen and oxygen atoms in total. The van der Waals surface area contributed by atoms with Gasteiger partial charge in [-0.05, 0) is 69.6 Å². The number of para-hydroxylation sites is 3. The second-order valence-corrected chi connectivity index (χ2v) is 17.1. The van der Waals surface area contributed by atoms with E-state index in [4.69, 9.17) is 14.4 Å². The molecule has 0 aliphatic heterocycles. The molecule has 0 spiro atoms. The van der Waals surface area contributed by atoms with E-state index in [9.17, 15) is 5.11 Å². The number of imidazole rings is 1. The monoisotopic (exact) mass is 1010 g/mol. The number of nitrogens with zero attached hydrogens (tertiary/aromatic N) is 3. The maximum Gasteiger partial charge on any atom is 0.152 e. The molecule has 0 fully saturated rings. The van der Waals surface area contributed by atoms with Crippen molar-refractivity contribution in [2.75, 3.05) is 0 Å². The average Bonchev–Trinajstić information content (AvgIpc) is 3.90. The van der Waals surface area contributed by atoms with Crippen LogP contribution in [0, 0.1) is 6.07 Å². The molecule has 0 radical (unpaired) electrons. The number of phenols is 1. The third kappa shape index (κ3) is 7.22. The fourth-order valence-corrected chi connectivity index (χ4v) is 8.78. The molecule has 3 aromatic heterocycles. The van der Waals surface area contributed by atoms with Crippen molar-refractivity contribution in [1.82, 2.24) is 14.5 Å². The van der Waals surface area contributed by atoms with Gasteiger partial charge in [0.25, 0.3) is 0 Å². The number of hydrogen-bond acceptors (Lipinski definition) is 4. The van der Waals surface area contributed by atoms with Crippen molar-refractivity contribution in [3.63, 3.8) is 0 Å². The topological polar surface area (TPSA) is 64.1 Å². The van der Waals surface area contributed by atoms with Gasteiger partial charge >= 0.3 is 0 Å². The maximum absolute atomic E-state index is 11.9. The first-order chi connectivity index (χ1) is 30.8. The molecule has 3 heterocycles. The second kappa shape index (κ2) is 16.4. The first kappa shape index (κ1) is 40.7. The van der Waals surface area contributed by atoms with Crippen molar-refractivity contribution < 1.29 is 30.6 Å². The van der Waals surface area contributed by atoms with Crippen LogP contribution in [0.1, 0.15) is 26.3 Å². The summed E-state index contributed by atoms with van der Waals surface area (Å²) in [6, 6.07) is 68.4. The predicted octanol–water partition coefficient (Wildman–Crippen LogP) is 15.1. The first-order valence-corrected chi connectivity index (χ1v) is 21.3. The zero-order valence-corrected chi connectivity index (χ0v) is 37.8. The van der Waals surface area contributed by atoms with Gasteiger partial charge in [-0.2, -0.15) is 0 Å². The van der Waals surface area contributed by atoms with E-state index in [2.05, 4.69) is 177 Å². The van der Waals surface area contributed by atoms with Crippen LogP contribution in [0.4, 0.5) is 0 Å². The minimum absolute atomic E-state index is 0. The summed E-state index contributed by atoms with van der Waals surface area (Å²) in [4.78, 5) is 10.5. The van der Waals surface area contributed by atoms with Crippen molar-refractivity contribution in [3.8, 4) is 78.6 Å². The van der Waals surface area contributed by atoms with Gasteiger partial charge in [-0.1, -0.05) is 171 Å². The number of fused-ring (bicyclic) bond motifs is 4. The zero-order chi connectivity index (χ0) is 42.7. The van der Waals surface area contributed by atoms with Crippen LogP contribution in [-0.4, -0.2) is 19.6 Å². The molecule has 0 aliphatic carbocycles. The largest absolute Gasteiger partial charge is 0.507 e. The van der Waals surface area contributed by atoms with Crippen LogP contribution < -0.4 is 0 Å². The van der Waals surface area contributed by atoms with Gasteiger partial charge in [0, 0.05) is 49.3 Å². The normalized spacial score (nSPS) is 11.6. The minimum atomic E-state index is -0.181. The Bertz CT molecular complexity index is 3490. The van der Waals surface area contributed by atoms with Crippen LogP contribution in [0.3, 0.4) is 0 Å².